The van der Waals surface area contributed by atoms with Gasteiger partial charge in [0.2, 0.25) is 0 Å². The van der Waals surface area contributed by atoms with Crippen molar-refractivity contribution in [3.05, 3.63) is 158 Å². The van der Waals surface area contributed by atoms with Gasteiger partial charge in [0.25, 0.3) is 0 Å². The van der Waals surface area contributed by atoms with Gasteiger partial charge in [-0.3, -0.25) is 0 Å². The van der Waals surface area contributed by atoms with Gasteiger partial charge in [0.1, 0.15) is 0 Å². The zero-order chi connectivity index (χ0) is 38.6. The molecule has 0 amide bonds. The lowest BCUT2D eigenvalue weighted by molar-refractivity contribution is 1.06. The molecule has 6 aromatic carbocycles. The van der Waals surface area contributed by atoms with Crippen molar-refractivity contribution >= 4 is 0 Å². The Morgan fingerprint density at radius 3 is 0.648 bits per heavy atom. The van der Waals surface area contributed by atoms with Crippen molar-refractivity contribution in [2.45, 2.75) is 83.1 Å². The molecule has 0 aliphatic carbocycles. The van der Waals surface area contributed by atoms with E-state index in [1.54, 1.807) is 0 Å². The van der Waals surface area contributed by atoms with E-state index in [1.165, 1.54) is 83.5 Å². The number of rotatable bonds is 6. The van der Waals surface area contributed by atoms with Crippen molar-refractivity contribution in [3.63, 3.8) is 0 Å². The largest absolute Gasteiger partial charge is 0.208 e. The van der Waals surface area contributed by atoms with Crippen LogP contribution in [-0.4, -0.2) is 15.0 Å². The van der Waals surface area contributed by atoms with Crippen LogP contribution in [0.1, 0.15) is 66.8 Å². The molecule has 3 heteroatoms. The van der Waals surface area contributed by atoms with E-state index in [2.05, 4.69) is 174 Å². The van der Waals surface area contributed by atoms with E-state index in [9.17, 15) is 0 Å². The van der Waals surface area contributed by atoms with E-state index >= 15 is 0 Å². The lowest BCUT2D eigenvalue weighted by Gasteiger charge is -2.19. The Kier molecular flexibility index (Phi) is 9.70. The third-order valence-electron chi connectivity index (χ3n) is 11.3. The van der Waals surface area contributed by atoms with Crippen molar-refractivity contribution < 1.29 is 0 Å². The van der Waals surface area contributed by atoms with Crippen LogP contribution in [0.2, 0.25) is 0 Å². The Balaban J connectivity index is 1.45. The van der Waals surface area contributed by atoms with E-state index in [4.69, 9.17) is 15.0 Å². The summed E-state index contributed by atoms with van der Waals surface area (Å²) in [6.07, 6.45) is 0. The van der Waals surface area contributed by atoms with Gasteiger partial charge in [-0.25, -0.2) is 15.0 Å². The Labute approximate surface area is 322 Å². The van der Waals surface area contributed by atoms with Gasteiger partial charge >= 0.3 is 0 Å². The number of hydrogen-bond donors (Lipinski definition) is 0. The zero-order valence-electron chi connectivity index (χ0n) is 34.0. The molecular weight excluding hydrogens is 655 g/mol. The fourth-order valence-electron chi connectivity index (χ4n) is 8.43. The molecule has 3 nitrogen and oxygen atoms in total. The third kappa shape index (κ3) is 6.57. The summed E-state index contributed by atoms with van der Waals surface area (Å²) >= 11 is 0. The third-order valence-corrected chi connectivity index (χ3v) is 11.3. The summed E-state index contributed by atoms with van der Waals surface area (Å²) in [5.41, 5.74) is 25.4. The van der Waals surface area contributed by atoms with Crippen LogP contribution >= 0.6 is 0 Å². The molecule has 0 saturated carbocycles. The first-order valence-electron chi connectivity index (χ1n) is 19.0. The second-order valence-electron chi connectivity index (χ2n) is 15.6. The van der Waals surface area contributed by atoms with Crippen LogP contribution in [0.4, 0.5) is 0 Å². The smallest absolute Gasteiger partial charge is 0.164 e. The Hall–Kier alpha value is -5.67. The van der Waals surface area contributed by atoms with Crippen LogP contribution in [0.3, 0.4) is 0 Å². The number of aryl methyl sites for hydroxylation is 12. The molecule has 0 atom stereocenters. The molecule has 1 heterocycles. The van der Waals surface area contributed by atoms with Gasteiger partial charge in [-0.05, 0) is 201 Å². The molecule has 0 bridgehead atoms. The highest BCUT2D eigenvalue weighted by Gasteiger charge is 2.21. The molecule has 0 unspecified atom stereocenters. The summed E-state index contributed by atoms with van der Waals surface area (Å²) in [6, 6.07) is 33.3. The maximum Gasteiger partial charge on any atom is 0.164 e. The topological polar surface area (TPSA) is 38.7 Å². The first kappa shape index (κ1) is 36.7. The molecule has 0 aliphatic heterocycles. The minimum Gasteiger partial charge on any atom is -0.208 e. The van der Waals surface area contributed by atoms with Gasteiger partial charge in [-0.15, -0.1) is 0 Å². The second kappa shape index (κ2) is 14.3. The van der Waals surface area contributed by atoms with Crippen LogP contribution in [0.5, 0.6) is 0 Å². The molecule has 0 fully saturated rings. The maximum atomic E-state index is 5.30. The van der Waals surface area contributed by atoms with Crippen molar-refractivity contribution in [1.29, 1.82) is 0 Å². The van der Waals surface area contributed by atoms with Gasteiger partial charge in [0.05, 0.1) is 0 Å². The summed E-state index contributed by atoms with van der Waals surface area (Å²) in [4.78, 5) is 15.9. The summed E-state index contributed by atoms with van der Waals surface area (Å²) in [5.74, 6) is 2.07. The first-order chi connectivity index (χ1) is 25.7. The minimum atomic E-state index is 0.690. The highest BCUT2D eigenvalue weighted by Crippen LogP contribution is 2.39. The number of aromatic nitrogens is 3. The molecule has 270 valence electrons. The lowest BCUT2D eigenvalue weighted by Crippen LogP contribution is -2.04. The normalized spacial score (nSPS) is 11.3. The quantitative estimate of drug-likeness (QED) is 0.173. The first-order valence-corrected chi connectivity index (χ1v) is 19.0. The molecule has 7 aromatic rings. The molecule has 0 saturated heterocycles. The Morgan fingerprint density at radius 1 is 0.241 bits per heavy atom. The van der Waals surface area contributed by atoms with E-state index in [0.29, 0.717) is 17.5 Å². The predicted molar refractivity (Wildman–Crippen MR) is 229 cm³/mol. The molecular formula is C51H51N3. The van der Waals surface area contributed by atoms with Crippen molar-refractivity contribution in [2.75, 3.05) is 0 Å². The standard InChI is InChI=1S/C51H51N3/c1-28-16-13-17-29(2)46(28)40-22-37(10)43(25-34(40)7)49-52-50(44-26-35(8)41(23-38(44)11)47-30(3)18-14-19-31(47)4)54-51(53-49)45-27-36(9)42(24-39(45)12)48-32(5)20-15-21-33(48)6/h13-27H,1-12H3. The number of nitrogens with zero attached hydrogens (tertiary/aromatic N) is 3. The van der Waals surface area contributed by atoms with E-state index in [1.807, 2.05) is 0 Å². The number of benzene rings is 6. The molecule has 0 radical (unpaired) electrons. The summed E-state index contributed by atoms with van der Waals surface area (Å²) in [7, 11) is 0. The fourth-order valence-corrected chi connectivity index (χ4v) is 8.43. The highest BCUT2D eigenvalue weighted by molar-refractivity contribution is 5.82. The fraction of sp³-hybridized carbons (Fsp3) is 0.235. The van der Waals surface area contributed by atoms with E-state index < -0.39 is 0 Å². The molecule has 54 heavy (non-hydrogen) atoms. The SMILES string of the molecule is Cc1cc(-c2c(C)cccc2C)c(C)cc1-c1nc(-c2cc(C)c(-c3c(C)cccc3C)cc2C)nc(-c2cc(C)c(-c3c(C)cccc3C)cc2C)n1. The summed E-state index contributed by atoms with van der Waals surface area (Å²) in [5, 5.41) is 0. The summed E-state index contributed by atoms with van der Waals surface area (Å²) in [6.45, 7) is 26.3. The molecule has 0 N–H and O–H groups in total. The van der Waals surface area contributed by atoms with Gasteiger partial charge in [-0.2, -0.15) is 0 Å². The highest BCUT2D eigenvalue weighted by atomic mass is 15.0. The van der Waals surface area contributed by atoms with Crippen molar-refractivity contribution in [3.8, 4) is 67.5 Å². The van der Waals surface area contributed by atoms with Crippen LogP contribution in [0.15, 0.2) is 91.0 Å². The maximum absolute atomic E-state index is 5.30. The molecule has 7 rings (SSSR count). The molecule has 0 spiro atoms. The van der Waals surface area contributed by atoms with Crippen LogP contribution in [0.25, 0.3) is 67.5 Å². The molecule has 0 aliphatic rings. The minimum absolute atomic E-state index is 0.690. The summed E-state index contributed by atoms with van der Waals surface area (Å²) < 4.78 is 0. The van der Waals surface area contributed by atoms with Crippen molar-refractivity contribution in [2.24, 2.45) is 0 Å². The van der Waals surface area contributed by atoms with Gasteiger partial charge in [0, 0.05) is 16.7 Å². The lowest BCUT2D eigenvalue weighted by atomic mass is 9.89. The van der Waals surface area contributed by atoms with E-state index in [0.717, 1.165) is 33.4 Å². The van der Waals surface area contributed by atoms with Crippen LogP contribution in [-0.2, 0) is 0 Å². The molecule has 1 aromatic heterocycles. The van der Waals surface area contributed by atoms with Crippen LogP contribution < -0.4 is 0 Å². The number of hydrogen-bond acceptors (Lipinski definition) is 3. The predicted octanol–water partition coefficient (Wildman–Crippen LogP) is 13.6. The Morgan fingerprint density at radius 2 is 0.426 bits per heavy atom. The average Bonchev–Trinajstić information content (AvgIpc) is 3.11. The van der Waals surface area contributed by atoms with E-state index in [-0.39, 0.29) is 0 Å². The van der Waals surface area contributed by atoms with Crippen LogP contribution in [0, 0.1) is 83.1 Å². The van der Waals surface area contributed by atoms with Gasteiger partial charge in [0.15, 0.2) is 17.5 Å². The van der Waals surface area contributed by atoms with Crippen molar-refractivity contribution in [1.82, 2.24) is 15.0 Å². The average molecular weight is 706 g/mol. The Bertz CT molecular complexity index is 2260. The zero-order valence-corrected chi connectivity index (χ0v) is 34.0. The monoisotopic (exact) mass is 705 g/mol. The van der Waals surface area contributed by atoms with Gasteiger partial charge in [-0.1, -0.05) is 72.8 Å². The van der Waals surface area contributed by atoms with Gasteiger partial charge < -0.3 is 0 Å². The second-order valence-corrected chi connectivity index (χ2v) is 15.6.